The predicted molar refractivity (Wildman–Crippen MR) is 323 cm³/mol. The molecule has 0 unspecified atom stereocenters. The third kappa shape index (κ3) is 9.37. The standard InChI is InChI=1S/C68H74N2O4S2/c1-65(2,3)43-25-29-53-49(33-43)50-34-44(66(4,5)6)26-30-54(50)69(53)57-39-75-63(61(57)71)47-21-15-17-23-59(47)73-37-41-19-13-14-20-42(41)38-74-60-24-18-16-22-48(60)64-62(72)58(40-76-64)70-55-31-27-45(67(7,8)9)35-51(55)52-36-46(68(10,11)12)28-32-56(52)70/h15-18,21-36,39-42,71-72H,13-14,19-20,37-38H2,1-12H3/t41-,42-/m0/s1. The molecule has 0 bridgehead atoms. The van der Waals surface area contributed by atoms with Gasteiger partial charge in [0.15, 0.2) is 11.5 Å². The van der Waals surface area contributed by atoms with Gasteiger partial charge >= 0.3 is 0 Å². The van der Waals surface area contributed by atoms with E-state index in [-0.39, 0.29) is 45.0 Å². The van der Waals surface area contributed by atoms with E-state index in [0.29, 0.717) is 13.2 Å². The first-order valence-electron chi connectivity index (χ1n) is 27.3. The number of hydrogen-bond acceptors (Lipinski definition) is 6. The van der Waals surface area contributed by atoms with E-state index < -0.39 is 0 Å². The normalized spacial score (nSPS) is 15.9. The quantitative estimate of drug-likeness (QED) is 0.143. The third-order valence-electron chi connectivity index (χ3n) is 16.2. The second-order valence-electron chi connectivity index (χ2n) is 25.6. The lowest BCUT2D eigenvalue weighted by molar-refractivity contribution is 0.105. The molecule has 1 aliphatic carbocycles. The highest BCUT2D eigenvalue weighted by molar-refractivity contribution is 7.14. The summed E-state index contributed by atoms with van der Waals surface area (Å²) in [6, 6.07) is 43.5. The lowest BCUT2D eigenvalue weighted by Gasteiger charge is -2.31. The van der Waals surface area contributed by atoms with Gasteiger partial charge in [-0.15, -0.1) is 22.7 Å². The summed E-state index contributed by atoms with van der Waals surface area (Å²) in [6.07, 6.45) is 4.40. The molecular formula is C68H74N2O4S2. The van der Waals surface area contributed by atoms with Crippen LogP contribution in [0.25, 0.3) is 75.9 Å². The Labute approximate surface area is 457 Å². The molecule has 11 rings (SSSR count). The summed E-state index contributed by atoms with van der Waals surface area (Å²) in [6.45, 7) is 28.2. The van der Waals surface area contributed by atoms with Gasteiger partial charge in [-0.3, -0.25) is 0 Å². The molecule has 4 heterocycles. The van der Waals surface area contributed by atoms with Crippen molar-refractivity contribution >= 4 is 66.3 Å². The molecule has 6 nitrogen and oxygen atoms in total. The molecule has 0 spiro atoms. The number of fused-ring (bicyclic) bond motifs is 6. The maximum atomic E-state index is 12.3. The number of hydrogen-bond donors (Lipinski definition) is 2. The van der Waals surface area contributed by atoms with E-state index in [1.165, 1.54) is 43.8 Å². The van der Waals surface area contributed by atoms with Crippen LogP contribution in [0, 0.1) is 11.8 Å². The van der Waals surface area contributed by atoms with Gasteiger partial charge in [0.05, 0.1) is 56.4 Å². The maximum absolute atomic E-state index is 12.3. The van der Waals surface area contributed by atoms with Gasteiger partial charge in [-0.05, 0) is 141 Å². The van der Waals surface area contributed by atoms with Gasteiger partial charge in [-0.2, -0.15) is 0 Å². The average Bonchev–Trinajstić information content (AvgIpc) is 4.16. The van der Waals surface area contributed by atoms with Crippen LogP contribution in [0.5, 0.6) is 23.0 Å². The highest BCUT2D eigenvalue weighted by Crippen LogP contribution is 2.50. The summed E-state index contributed by atoms with van der Waals surface area (Å²) in [4.78, 5) is 1.58. The Kier molecular flexibility index (Phi) is 13.0. The molecule has 76 heavy (non-hydrogen) atoms. The Balaban J connectivity index is 0.852. The molecule has 2 atom stereocenters. The summed E-state index contributed by atoms with van der Waals surface area (Å²) < 4.78 is 18.2. The van der Waals surface area contributed by atoms with E-state index in [1.807, 2.05) is 36.4 Å². The molecule has 4 aromatic heterocycles. The van der Waals surface area contributed by atoms with Crippen molar-refractivity contribution in [2.75, 3.05) is 13.2 Å². The molecule has 8 heteroatoms. The van der Waals surface area contributed by atoms with Crippen molar-refractivity contribution in [3.05, 3.63) is 154 Å². The fourth-order valence-electron chi connectivity index (χ4n) is 11.5. The number of nitrogens with zero attached hydrogens (tertiary/aromatic N) is 2. The summed E-state index contributed by atoms with van der Waals surface area (Å²) in [5.41, 5.74) is 12.7. The molecule has 2 N–H and O–H groups in total. The van der Waals surface area contributed by atoms with E-state index in [0.717, 1.165) is 91.5 Å². The largest absolute Gasteiger partial charge is 0.504 e. The fraction of sp³-hybridized carbons (Fsp3) is 0.353. The molecule has 0 aliphatic heterocycles. The molecular weight excluding hydrogens is 973 g/mol. The average molecular weight is 1050 g/mol. The van der Waals surface area contributed by atoms with Crippen molar-refractivity contribution < 1.29 is 19.7 Å². The number of benzene rings is 6. The summed E-state index contributed by atoms with van der Waals surface area (Å²) in [7, 11) is 0. The van der Waals surface area contributed by atoms with Crippen LogP contribution in [0.3, 0.4) is 0 Å². The Morgan fingerprint density at radius 3 is 1.04 bits per heavy atom. The smallest absolute Gasteiger partial charge is 0.158 e. The van der Waals surface area contributed by atoms with Gasteiger partial charge in [0, 0.05) is 43.4 Å². The van der Waals surface area contributed by atoms with Crippen molar-refractivity contribution in [1.29, 1.82) is 0 Å². The van der Waals surface area contributed by atoms with Crippen LogP contribution < -0.4 is 9.47 Å². The van der Waals surface area contributed by atoms with Crippen molar-refractivity contribution in [3.8, 4) is 55.3 Å². The zero-order chi connectivity index (χ0) is 53.6. The van der Waals surface area contributed by atoms with Crippen LogP contribution in [-0.2, 0) is 21.7 Å². The first kappa shape index (κ1) is 51.6. The van der Waals surface area contributed by atoms with Gasteiger partial charge < -0.3 is 28.8 Å². The van der Waals surface area contributed by atoms with E-state index in [2.05, 4.69) is 188 Å². The van der Waals surface area contributed by atoms with E-state index in [1.54, 1.807) is 22.7 Å². The second kappa shape index (κ2) is 19.2. The summed E-state index contributed by atoms with van der Waals surface area (Å²) in [5, 5.41) is 33.6. The predicted octanol–water partition coefficient (Wildman–Crippen LogP) is 19.2. The van der Waals surface area contributed by atoms with Crippen LogP contribution in [-0.4, -0.2) is 32.6 Å². The first-order valence-corrected chi connectivity index (χ1v) is 29.1. The van der Waals surface area contributed by atoms with Gasteiger partial charge in [0.2, 0.25) is 0 Å². The van der Waals surface area contributed by atoms with Crippen molar-refractivity contribution in [1.82, 2.24) is 9.13 Å². The zero-order valence-electron chi connectivity index (χ0n) is 46.5. The molecule has 1 fully saturated rings. The Morgan fingerprint density at radius 1 is 0.434 bits per heavy atom. The Hall–Kier alpha value is -6.48. The highest BCUT2D eigenvalue weighted by atomic mass is 32.1. The van der Waals surface area contributed by atoms with Gasteiger partial charge in [-0.25, -0.2) is 0 Å². The number of thiophene rings is 2. The number of ether oxygens (including phenoxy) is 2. The molecule has 0 radical (unpaired) electrons. The third-order valence-corrected chi connectivity index (χ3v) is 18.2. The van der Waals surface area contributed by atoms with Gasteiger partial charge in [-0.1, -0.05) is 144 Å². The lowest BCUT2D eigenvalue weighted by atomic mass is 9.80. The van der Waals surface area contributed by atoms with Crippen LogP contribution in [0.2, 0.25) is 0 Å². The highest BCUT2D eigenvalue weighted by Gasteiger charge is 2.30. The molecule has 6 aromatic carbocycles. The first-order chi connectivity index (χ1) is 36.1. The number of rotatable bonds is 10. The number of para-hydroxylation sites is 2. The number of aromatic nitrogens is 2. The van der Waals surface area contributed by atoms with Crippen molar-refractivity contribution in [3.63, 3.8) is 0 Å². The van der Waals surface area contributed by atoms with Crippen LogP contribution in [0.1, 0.15) is 131 Å². The van der Waals surface area contributed by atoms with Crippen LogP contribution in [0.4, 0.5) is 0 Å². The molecule has 10 aromatic rings. The molecule has 0 saturated heterocycles. The van der Waals surface area contributed by atoms with Crippen molar-refractivity contribution in [2.24, 2.45) is 11.8 Å². The maximum Gasteiger partial charge on any atom is 0.158 e. The molecule has 0 amide bonds. The van der Waals surface area contributed by atoms with Crippen LogP contribution >= 0.6 is 22.7 Å². The van der Waals surface area contributed by atoms with Crippen LogP contribution in [0.15, 0.2) is 132 Å². The fourth-order valence-corrected chi connectivity index (χ4v) is 13.4. The second-order valence-corrected chi connectivity index (χ2v) is 27.4. The number of aromatic hydroxyl groups is 2. The van der Waals surface area contributed by atoms with Gasteiger partial charge in [0.25, 0.3) is 0 Å². The zero-order valence-corrected chi connectivity index (χ0v) is 48.2. The van der Waals surface area contributed by atoms with Gasteiger partial charge in [0.1, 0.15) is 11.5 Å². The minimum Gasteiger partial charge on any atom is -0.504 e. The van der Waals surface area contributed by atoms with Crippen molar-refractivity contribution in [2.45, 2.75) is 130 Å². The lowest BCUT2D eigenvalue weighted by Crippen LogP contribution is -2.29. The topological polar surface area (TPSA) is 68.8 Å². The summed E-state index contributed by atoms with van der Waals surface area (Å²) in [5.74, 6) is 2.61. The molecule has 392 valence electrons. The van der Waals surface area contributed by atoms with E-state index in [4.69, 9.17) is 9.47 Å². The monoisotopic (exact) mass is 1050 g/mol. The minimum absolute atomic E-state index is 0.00614. The van der Waals surface area contributed by atoms with E-state index in [9.17, 15) is 10.2 Å². The Morgan fingerprint density at radius 2 is 0.737 bits per heavy atom. The SMILES string of the molecule is CC(C)(C)c1ccc2c(c1)c1cc(C(C)(C)C)ccc1n2-c1csc(-c2ccccc2OC[C@@H]2CCCC[C@H]2COc2ccccc2-c2scc(-n3c4ccc(C(C)(C)C)cc4c4cc(C(C)(C)C)ccc43)c2O)c1O. The molecule has 1 saturated carbocycles. The minimum atomic E-state index is -0.00614. The molecule has 1 aliphatic rings. The van der Waals surface area contributed by atoms with E-state index >= 15 is 0 Å². The Bertz CT molecular complexity index is 3420. The summed E-state index contributed by atoms with van der Waals surface area (Å²) >= 11 is 3.11.